The molecule has 1 aliphatic carbocycles. The molecule has 1 heteroatoms. The van der Waals surface area contributed by atoms with Crippen molar-refractivity contribution in [1.29, 1.82) is 0 Å². The van der Waals surface area contributed by atoms with E-state index in [2.05, 4.69) is 27.7 Å². The molecule has 1 rings (SSSR count). The van der Waals surface area contributed by atoms with Crippen molar-refractivity contribution in [3.8, 4) is 0 Å². The van der Waals surface area contributed by atoms with Crippen LogP contribution >= 0.6 is 0 Å². The Hall–Kier alpha value is -0.330. The van der Waals surface area contributed by atoms with Gasteiger partial charge in [-0.15, -0.1) is 0 Å². The number of hydrogen-bond acceptors (Lipinski definition) is 1. The van der Waals surface area contributed by atoms with Crippen LogP contribution in [0.15, 0.2) is 0 Å². The normalized spacial score (nSPS) is 28.2. The Labute approximate surface area is 101 Å². The SMILES string of the molecule is CCCC(=O)CCC[C@H]1CCC(C)C1(C)C. The lowest BCUT2D eigenvalue weighted by Gasteiger charge is -2.31. The third-order valence-electron chi connectivity index (χ3n) is 4.81. The van der Waals surface area contributed by atoms with Gasteiger partial charge in [-0.25, -0.2) is 0 Å². The highest BCUT2D eigenvalue weighted by Crippen LogP contribution is 2.49. The molecule has 2 atom stereocenters. The highest BCUT2D eigenvalue weighted by atomic mass is 16.1. The Morgan fingerprint density at radius 3 is 2.44 bits per heavy atom. The summed E-state index contributed by atoms with van der Waals surface area (Å²) >= 11 is 0. The standard InChI is InChI=1S/C15H28O/c1-5-7-14(16)9-6-8-13-11-10-12(2)15(13,3)4/h12-13H,5-11H2,1-4H3/t12?,13-/m0/s1. The van der Waals surface area contributed by atoms with Crippen molar-refractivity contribution in [2.45, 2.75) is 72.6 Å². The van der Waals surface area contributed by atoms with Crippen LogP contribution in [0.25, 0.3) is 0 Å². The van der Waals surface area contributed by atoms with Crippen molar-refractivity contribution in [3.05, 3.63) is 0 Å². The molecule has 0 spiro atoms. The number of Topliss-reactive ketones (excluding diaryl/α,β-unsaturated/α-hetero) is 1. The lowest BCUT2D eigenvalue weighted by Crippen LogP contribution is -2.23. The zero-order chi connectivity index (χ0) is 12.2. The van der Waals surface area contributed by atoms with Crippen LogP contribution in [0.2, 0.25) is 0 Å². The second-order valence-electron chi connectivity index (χ2n) is 6.18. The van der Waals surface area contributed by atoms with Gasteiger partial charge in [0, 0.05) is 12.8 Å². The first-order chi connectivity index (χ1) is 7.48. The Bertz CT molecular complexity index is 230. The highest BCUT2D eigenvalue weighted by Gasteiger charge is 2.39. The van der Waals surface area contributed by atoms with Crippen LogP contribution in [-0.4, -0.2) is 5.78 Å². The van der Waals surface area contributed by atoms with Crippen LogP contribution in [0.3, 0.4) is 0 Å². The average Bonchev–Trinajstić information content (AvgIpc) is 2.45. The molecular formula is C15H28O. The minimum atomic E-state index is 0.464. The number of ketones is 1. The molecular weight excluding hydrogens is 196 g/mol. The Kier molecular flexibility index (Phi) is 5.01. The van der Waals surface area contributed by atoms with E-state index in [9.17, 15) is 4.79 Å². The fourth-order valence-corrected chi connectivity index (χ4v) is 3.06. The summed E-state index contributed by atoms with van der Waals surface area (Å²) < 4.78 is 0. The molecule has 0 bridgehead atoms. The van der Waals surface area contributed by atoms with Gasteiger partial charge in [0.15, 0.2) is 0 Å². The van der Waals surface area contributed by atoms with Crippen LogP contribution in [0, 0.1) is 17.3 Å². The van der Waals surface area contributed by atoms with Gasteiger partial charge in [0.1, 0.15) is 5.78 Å². The Morgan fingerprint density at radius 1 is 1.25 bits per heavy atom. The van der Waals surface area contributed by atoms with E-state index in [1.54, 1.807) is 0 Å². The maximum atomic E-state index is 11.4. The summed E-state index contributed by atoms with van der Waals surface area (Å²) in [5.41, 5.74) is 0.494. The Morgan fingerprint density at radius 2 is 1.94 bits per heavy atom. The van der Waals surface area contributed by atoms with Gasteiger partial charge in [-0.3, -0.25) is 4.79 Å². The number of carbonyl (C=O) groups excluding carboxylic acids is 1. The molecule has 1 fully saturated rings. The predicted octanol–water partition coefficient (Wildman–Crippen LogP) is 4.60. The summed E-state index contributed by atoms with van der Waals surface area (Å²) in [6.07, 6.45) is 7.72. The zero-order valence-electron chi connectivity index (χ0n) is 11.5. The van der Waals surface area contributed by atoms with Crippen molar-refractivity contribution in [3.63, 3.8) is 0 Å². The number of carbonyl (C=O) groups is 1. The molecule has 1 nitrogen and oxygen atoms in total. The van der Waals surface area contributed by atoms with E-state index in [0.29, 0.717) is 11.2 Å². The third-order valence-corrected chi connectivity index (χ3v) is 4.81. The van der Waals surface area contributed by atoms with Crippen molar-refractivity contribution in [1.82, 2.24) is 0 Å². The van der Waals surface area contributed by atoms with Gasteiger partial charge in [0.25, 0.3) is 0 Å². The molecule has 1 aliphatic rings. The minimum Gasteiger partial charge on any atom is -0.300 e. The monoisotopic (exact) mass is 224 g/mol. The maximum absolute atomic E-state index is 11.4. The van der Waals surface area contributed by atoms with Crippen LogP contribution in [-0.2, 0) is 4.79 Å². The third kappa shape index (κ3) is 3.33. The summed E-state index contributed by atoms with van der Waals surface area (Å²) in [5, 5.41) is 0. The van der Waals surface area contributed by atoms with Gasteiger partial charge in [-0.05, 0) is 49.4 Å². The second-order valence-corrected chi connectivity index (χ2v) is 6.18. The van der Waals surface area contributed by atoms with E-state index in [-0.39, 0.29) is 0 Å². The predicted molar refractivity (Wildman–Crippen MR) is 69.4 cm³/mol. The summed E-state index contributed by atoms with van der Waals surface area (Å²) in [6, 6.07) is 0. The Balaban J connectivity index is 2.26. The van der Waals surface area contributed by atoms with Crippen LogP contribution < -0.4 is 0 Å². The molecule has 0 saturated heterocycles. The molecule has 0 aromatic rings. The molecule has 0 aromatic heterocycles. The maximum Gasteiger partial charge on any atom is 0.132 e. The molecule has 0 N–H and O–H groups in total. The number of hydrogen-bond donors (Lipinski definition) is 0. The molecule has 0 heterocycles. The molecule has 16 heavy (non-hydrogen) atoms. The molecule has 1 saturated carbocycles. The van der Waals surface area contributed by atoms with Crippen LogP contribution in [0.4, 0.5) is 0 Å². The van der Waals surface area contributed by atoms with Crippen molar-refractivity contribution in [2.24, 2.45) is 17.3 Å². The van der Waals surface area contributed by atoms with E-state index in [4.69, 9.17) is 0 Å². The minimum absolute atomic E-state index is 0.464. The summed E-state index contributed by atoms with van der Waals surface area (Å²) in [6.45, 7) is 9.27. The molecule has 0 radical (unpaired) electrons. The van der Waals surface area contributed by atoms with Gasteiger partial charge in [-0.2, -0.15) is 0 Å². The van der Waals surface area contributed by atoms with E-state index < -0.39 is 0 Å². The van der Waals surface area contributed by atoms with Gasteiger partial charge in [0.2, 0.25) is 0 Å². The van der Waals surface area contributed by atoms with Gasteiger partial charge in [0.05, 0.1) is 0 Å². The van der Waals surface area contributed by atoms with E-state index in [0.717, 1.165) is 37.5 Å². The van der Waals surface area contributed by atoms with E-state index in [1.165, 1.54) is 19.3 Å². The molecule has 94 valence electrons. The molecule has 0 aromatic carbocycles. The molecule has 0 amide bonds. The van der Waals surface area contributed by atoms with E-state index in [1.807, 2.05) is 0 Å². The second kappa shape index (κ2) is 5.84. The van der Waals surface area contributed by atoms with Crippen LogP contribution in [0.5, 0.6) is 0 Å². The summed E-state index contributed by atoms with van der Waals surface area (Å²) in [5.74, 6) is 2.16. The number of rotatable bonds is 6. The van der Waals surface area contributed by atoms with Gasteiger partial charge >= 0.3 is 0 Å². The van der Waals surface area contributed by atoms with Crippen molar-refractivity contribution in [2.75, 3.05) is 0 Å². The average molecular weight is 224 g/mol. The first-order valence-electron chi connectivity index (χ1n) is 7.00. The van der Waals surface area contributed by atoms with Gasteiger partial charge < -0.3 is 0 Å². The topological polar surface area (TPSA) is 17.1 Å². The summed E-state index contributed by atoms with van der Waals surface area (Å²) in [4.78, 5) is 11.4. The quantitative estimate of drug-likeness (QED) is 0.644. The van der Waals surface area contributed by atoms with Crippen molar-refractivity contribution < 1.29 is 4.79 Å². The fraction of sp³-hybridized carbons (Fsp3) is 0.933. The smallest absolute Gasteiger partial charge is 0.132 e. The fourth-order valence-electron chi connectivity index (χ4n) is 3.06. The van der Waals surface area contributed by atoms with E-state index >= 15 is 0 Å². The first-order valence-corrected chi connectivity index (χ1v) is 7.00. The lowest BCUT2D eigenvalue weighted by molar-refractivity contribution is -0.119. The first kappa shape index (κ1) is 13.7. The summed E-state index contributed by atoms with van der Waals surface area (Å²) in [7, 11) is 0. The van der Waals surface area contributed by atoms with Crippen LogP contribution in [0.1, 0.15) is 72.6 Å². The highest BCUT2D eigenvalue weighted by molar-refractivity contribution is 5.78. The zero-order valence-corrected chi connectivity index (χ0v) is 11.5. The van der Waals surface area contributed by atoms with Crippen molar-refractivity contribution >= 4 is 5.78 Å². The van der Waals surface area contributed by atoms with Gasteiger partial charge in [-0.1, -0.05) is 27.7 Å². The molecule has 0 aliphatic heterocycles. The lowest BCUT2D eigenvalue weighted by atomic mass is 9.74. The molecule has 1 unspecified atom stereocenters. The largest absolute Gasteiger partial charge is 0.300 e.